The molecule has 0 radical (unpaired) electrons. The molecule has 28 heavy (non-hydrogen) atoms. The molecule has 2 aromatic rings. The van der Waals surface area contributed by atoms with Crippen LogP contribution in [-0.4, -0.2) is 31.7 Å². The number of esters is 1. The van der Waals surface area contributed by atoms with E-state index >= 15 is 0 Å². The Morgan fingerprint density at radius 1 is 1.11 bits per heavy atom. The van der Waals surface area contributed by atoms with Gasteiger partial charge in [-0.05, 0) is 62.7 Å². The highest BCUT2D eigenvalue weighted by atomic mass is 16.5. The number of hydrogen-bond acceptors (Lipinski definition) is 5. The monoisotopic (exact) mass is 383 g/mol. The summed E-state index contributed by atoms with van der Waals surface area (Å²) in [6.07, 6.45) is 3.12. The van der Waals surface area contributed by atoms with Crippen LogP contribution in [0.3, 0.4) is 0 Å². The molecule has 0 aliphatic carbocycles. The van der Waals surface area contributed by atoms with Gasteiger partial charge in [-0.15, -0.1) is 0 Å². The molecule has 2 aromatic carbocycles. The lowest BCUT2D eigenvalue weighted by Gasteiger charge is -2.13. The van der Waals surface area contributed by atoms with Crippen LogP contribution in [0.2, 0.25) is 0 Å². The highest BCUT2D eigenvalue weighted by molar-refractivity contribution is 6.02. The van der Waals surface area contributed by atoms with E-state index < -0.39 is 5.97 Å². The number of methoxy groups -OCH3 is 1. The van der Waals surface area contributed by atoms with E-state index in [2.05, 4.69) is 5.32 Å². The highest BCUT2D eigenvalue weighted by Crippen LogP contribution is 2.29. The number of benzene rings is 2. The average Bonchev–Trinajstić information content (AvgIpc) is 2.67. The summed E-state index contributed by atoms with van der Waals surface area (Å²) >= 11 is 0. The van der Waals surface area contributed by atoms with E-state index in [9.17, 15) is 9.59 Å². The lowest BCUT2D eigenvalue weighted by Crippen LogP contribution is -2.09. The number of anilines is 1. The topological polar surface area (TPSA) is 73.9 Å². The molecule has 0 heterocycles. The van der Waals surface area contributed by atoms with Crippen LogP contribution in [0.25, 0.3) is 6.08 Å². The molecule has 0 spiro atoms. The van der Waals surface area contributed by atoms with E-state index in [1.807, 2.05) is 19.9 Å². The molecule has 6 heteroatoms. The molecule has 148 valence electrons. The van der Waals surface area contributed by atoms with Crippen molar-refractivity contribution in [3.05, 3.63) is 59.7 Å². The van der Waals surface area contributed by atoms with Gasteiger partial charge in [0.1, 0.15) is 0 Å². The van der Waals surface area contributed by atoms with Crippen molar-refractivity contribution < 1.29 is 23.8 Å². The molecule has 0 bridgehead atoms. The largest absolute Gasteiger partial charge is 0.493 e. The Morgan fingerprint density at radius 2 is 1.89 bits per heavy atom. The maximum atomic E-state index is 12.2. The fourth-order valence-corrected chi connectivity index (χ4v) is 2.43. The normalized spacial score (nSPS) is 10.8. The van der Waals surface area contributed by atoms with E-state index in [0.29, 0.717) is 29.4 Å². The number of carbonyl (C=O) groups excluding carboxylic acids is 2. The minimum Gasteiger partial charge on any atom is -0.493 e. The molecule has 0 saturated carbocycles. The number of nitrogens with one attached hydrogen (secondary N) is 1. The van der Waals surface area contributed by atoms with Gasteiger partial charge in [0.25, 0.3) is 0 Å². The van der Waals surface area contributed by atoms with E-state index in [-0.39, 0.29) is 12.0 Å². The SMILES string of the molecule is CCOC(=O)c1cccc(NC(=O)/C=C/c2ccc(OC(C)C)c(OC)c2)c1. The minimum atomic E-state index is -0.426. The number of ether oxygens (including phenoxy) is 3. The van der Waals surface area contributed by atoms with Crippen molar-refractivity contribution in [2.75, 3.05) is 19.0 Å². The van der Waals surface area contributed by atoms with Crippen LogP contribution in [0.5, 0.6) is 11.5 Å². The van der Waals surface area contributed by atoms with Crippen molar-refractivity contribution >= 4 is 23.6 Å². The van der Waals surface area contributed by atoms with Gasteiger partial charge in [0.2, 0.25) is 5.91 Å². The van der Waals surface area contributed by atoms with Crippen molar-refractivity contribution in [1.29, 1.82) is 0 Å². The van der Waals surface area contributed by atoms with Crippen molar-refractivity contribution in [3.8, 4) is 11.5 Å². The van der Waals surface area contributed by atoms with E-state index in [4.69, 9.17) is 14.2 Å². The maximum Gasteiger partial charge on any atom is 0.338 e. The van der Waals surface area contributed by atoms with Gasteiger partial charge >= 0.3 is 5.97 Å². The van der Waals surface area contributed by atoms with Crippen LogP contribution in [0, 0.1) is 0 Å². The van der Waals surface area contributed by atoms with Crippen LogP contribution in [0.15, 0.2) is 48.5 Å². The molecule has 1 N–H and O–H groups in total. The summed E-state index contributed by atoms with van der Waals surface area (Å²) in [5.41, 5.74) is 1.69. The minimum absolute atomic E-state index is 0.0337. The van der Waals surface area contributed by atoms with Crippen LogP contribution in [0.4, 0.5) is 5.69 Å². The molecule has 0 aliphatic rings. The second kappa shape index (κ2) is 10.2. The van der Waals surface area contributed by atoms with Crippen molar-refractivity contribution in [3.63, 3.8) is 0 Å². The zero-order valence-corrected chi connectivity index (χ0v) is 16.5. The second-order valence-corrected chi connectivity index (χ2v) is 6.20. The molecule has 0 aromatic heterocycles. The Bertz CT molecular complexity index is 858. The Balaban J connectivity index is 2.06. The Morgan fingerprint density at radius 3 is 2.57 bits per heavy atom. The Kier molecular flexibility index (Phi) is 7.63. The Labute approximate surface area is 165 Å². The van der Waals surface area contributed by atoms with Gasteiger partial charge < -0.3 is 19.5 Å². The number of hydrogen-bond donors (Lipinski definition) is 1. The van der Waals surface area contributed by atoms with Crippen molar-refractivity contribution in [2.45, 2.75) is 26.9 Å². The first-order valence-corrected chi connectivity index (χ1v) is 9.04. The third kappa shape index (κ3) is 6.16. The molecule has 6 nitrogen and oxygen atoms in total. The molecule has 0 atom stereocenters. The average molecular weight is 383 g/mol. The summed E-state index contributed by atoms with van der Waals surface area (Å²) in [4.78, 5) is 24.0. The summed E-state index contributed by atoms with van der Waals surface area (Å²) in [5, 5.41) is 2.73. The van der Waals surface area contributed by atoms with Crippen molar-refractivity contribution in [1.82, 2.24) is 0 Å². The first kappa shape index (κ1) is 21.0. The standard InChI is InChI=1S/C22H25NO5/c1-5-27-22(25)17-7-6-8-18(14-17)23-21(24)12-10-16-9-11-19(28-15(2)3)20(13-16)26-4/h6-15H,5H2,1-4H3,(H,23,24)/b12-10+. The first-order valence-electron chi connectivity index (χ1n) is 9.04. The lowest BCUT2D eigenvalue weighted by molar-refractivity contribution is -0.111. The van der Waals surface area contributed by atoms with Crippen LogP contribution < -0.4 is 14.8 Å². The summed E-state index contributed by atoms with van der Waals surface area (Å²) in [6, 6.07) is 12.0. The number of amides is 1. The molecule has 0 saturated heterocycles. The smallest absolute Gasteiger partial charge is 0.338 e. The molecule has 2 rings (SSSR count). The fraction of sp³-hybridized carbons (Fsp3) is 0.273. The molecule has 0 unspecified atom stereocenters. The zero-order valence-electron chi connectivity index (χ0n) is 16.5. The quantitative estimate of drug-likeness (QED) is 0.543. The predicted octanol–water partition coefficient (Wildman–Crippen LogP) is 4.31. The van der Waals surface area contributed by atoms with Gasteiger partial charge in [0, 0.05) is 11.8 Å². The molecule has 0 aliphatic heterocycles. The number of rotatable bonds is 8. The van der Waals surface area contributed by atoms with Crippen LogP contribution in [-0.2, 0) is 9.53 Å². The zero-order chi connectivity index (χ0) is 20.5. The van der Waals surface area contributed by atoms with Crippen molar-refractivity contribution in [2.24, 2.45) is 0 Å². The predicted molar refractivity (Wildman–Crippen MR) is 109 cm³/mol. The van der Waals surface area contributed by atoms with Gasteiger partial charge in [0.05, 0.1) is 25.4 Å². The van der Waals surface area contributed by atoms with E-state index in [1.165, 1.54) is 6.08 Å². The fourth-order valence-electron chi connectivity index (χ4n) is 2.43. The first-order chi connectivity index (χ1) is 13.4. The molecule has 0 fully saturated rings. The van der Waals surface area contributed by atoms with Crippen LogP contribution >= 0.6 is 0 Å². The summed E-state index contributed by atoms with van der Waals surface area (Å²) < 4.78 is 16.0. The molecular formula is C22H25NO5. The highest BCUT2D eigenvalue weighted by Gasteiger charge is 2.08. The third-order valence-corrected chi connectivity index (χ3v) is 3.62. The van der Waals surface area contributed by atoms with Gasteiger partial charge in [-0.3, -0.25) is 4.79 Å². The summed E-state index contributed by atoms with van der Waals surface area (Å²) in [6.45, 7) is 5.91. The third-order valence-electron chi connectivity index (χ3n) is 3.62. The molecule has 1 amide bonds. The van der Waals surface area contributed by atoms with E-state index in [1.54, 1.807) is 56.5 Å². The van der Waals surface area contributed by atoms with Gasteiger partial charge in [0.15, 0.2) is 11.5 Å². The van der Waals surface area contributed by atoms with Gasteiger partial charge in [-0.1, -0.05) is 12.1 Å². The number of carbonyl (C=O) groups is 2. The van der Waals surface area contributed by atoms with Gasteiger partial charge in [-0.2, -0.15) is 0 Å². The molecular weight excluding hydrogens is 358 g/mol. The maximum absolute atomic E-state index is 12.2. The van der Waals surface area contributed by atoms with E-state index in [0.717, 1.165) is 5.56 Å². The lowest BCUT2D eigenvalue weighted by atomic mass is 10.1. The van der Waals surface area contributed by atoms with Crippen LogP contribution in [0.1, 0.15) is 36.7 Å². The van der Waals surface area contributed by atoms with Gasteiger partial charge in [-0.25, -0.2) is 4.79 Å². The summed E-state index contributed by atoms with van der Waals surface area (Å²) in [5.74, 6) is 0.501. The summed E-state index contributed by atoms with van der Waals surface area (Å²) in [7, 11) is 1.57. The Hall–Kier alpha value is -3.28. The second-order valence-electron chi connectivity index (χ2n) is 6.20.